The topological polar surface area (TPSA) is 76.9 Å². The molecule has 0 saturated carbocycles. The van der Waals surface area contributed by atoms with Gasteiger partial charge in [-0.05, 0) is 32.9 Å². The van der Waals surface area contributed by atoms with E-state index < -0.39 is 5.91 Å². The second kappa shape index (κ2) is 7.50. The van der Waals surface area contributed by atoms with E-state index in [1.54, 1.807) is 19.1 Å². The number of hydrogen-bond donors (Lipinski definition) is 1. The molecule has 0 aliphatic carbocycles. The van der Waals surface area contributed by atoms with Gasteiger partial charge in [-0.15, -0.1) is 10.2 Å². The van der Waals surface area contributed by atoms with Gasteiger partial charge in [0.15, 0.2) is 11.6 Å². The van der Waals surface area contributed by atoms with Crippen molar-refractivity contribution in [3.05, 3.63) is 53.9 Å². The molecule has 0 radical (unpaired) electrons. The molecule has 0 saturated heterocycles. The first-order chi connectivity index (χ1) is 11.4. The van der Waals surface area contributed by atoms with E-state index in [1.807, 2.05) is 43.9 Å². The number of amides is 1. The number of nitrogens with one attached hydrogen (secondary N) is 1. The summed E-state index contributed by atoms with van der Waals surface area (Å²) in [5.74, 6) is -0.522. The van der Waals surface area contributed by atoms with Crippen molar-refractivity contribution in [1.82, 2.24) is 14.8 Å². The number of allylic oxidation sites excluding steroid dienone is 5. The van der Waals surface area contributed by atoms with Gasteiger partial charge >= 0.3 is 0 Å². The van der Waals surface area contributed by atoms with Crippen LogP contribution in [0.1, 0.15) is 20.8 Å². The third kappa shape index (κ3) is 4.04. The number of ketones is 1. The molecule has 1 N–H and O–H groups in total. The average Bonchev–Trinajstić information content (AvgIpc) is 2.90. The van der Waals surface area contributed by atoms with Gasteiger partial charge in [-0.1, -0.05) is 23.8 Å². The fourth-order valence-corrected chi connectivity index (χ4v) is 2.09. The first kappa shape index (κ1) is 17.3. The summed E-state index contributed by atoms with van der Waals surface area (Å²) in [4.78, 5) is 24.5. The molecule has 2 rings (SSSR count). The van der Waals surface area contributed by atoms with Crippen molar-refractivity contribution in [2.24, 2.45) is 7.05 Å². The monoisotopic (exact) mass is 324 g/mol. The highest BCUT2D eigenvalue weighted by atomic mass is 16.2. The lowest BCUT2D eigenvalue weighted by Crippen LogP contribution is -2.20. The van der Waals surface area contributed by atoms with Crippen LogP contribution in [0.15, 0.2) is 53.9 Å². The van der Waals surface area contributed by atoms with Gasteiger partial charge in [0.05, 0.1) is 16.8 Å². The first-order valence-corrected chi connectivity index (χ1v) is 7.54. The second-order valence-corrected chi connectivity index (χ2v) is 5.58. The van der Waals surface area contributed by atoms with E-state index in [0.29, 0.717) is 11.5 Å². The summed E-state index contributed by atoms with van der Waals surface area (Å²) in [5.41, 5.74) is 2.53. The molecule has 0 aromatic heterocycles. The van der Waals surface area contributed by atoms with Crippen LogP contribution in [0.3, 0.4) is 0 Å². The van der Waals surface area contributed by atoms with Crippen molar-refractivity contribution in [1.29, 1.82) is 0 Å². The molecule has 6 nitrogen and oxygen atoms in total. The van der Waals surface area contributed by atoms with E-state index in [2.05, 4.69) is 15.5 Å². The Hall–Kier alpha value is -3.02. The van der Waals surface area contributed by atoms with Crippen LogP contribution < -0.4 is 5.32 Å². The lowest BCUT2D eigenvalue weighted by Gasteiger charge is -2.06. The summed E-state index contributed by atoms with van der Waals surface area (Å²) in [6, 6.07) is 1.81. The minimum atomic E-state index is -0.502. The zero-order valence-corrected chi connectivity index (χ0v) is 14.2. The molecule has 0 aromatic rings. The number of fused-ring (bicyclic) bond motifs is 1. The van der Waals surface area contributed by atoms with Gasteiger partial charge in [-0.3, -0.25) is 9.59 Å². The maximum atomic E-state index is 12.4. The molecule has 0 spiro atoms. The third-order valence-electron chi connectivity index (χ3n) is 3.30. The number of rotatable bonds is 5. The Morgan fingerprint density at radius 2 is 2.00 bits per heavy atom. The number of carbonyl (C=O) groups is 2. The van der Waals surface area contributed by atoms with Gasteiger partial charge in [0, 0.05) is 19.4 Å². The minimum Gasteiger partial charge on any atom is -0.356 e. The van der Waals surface area contributed by atoms with Gasteiger partial charge in [0.2, 0.25) is 0 Å². The molecule has 1 amide bonds. The number of nitrogens with zero attached hydrogens (tertiary/aromatic N) is 3. The Balaban J connectivity index is 2.17. The van der Waals surface area contributed by atoms with Crippen LogP contribution in [-0.4, -0.2) is 26.5 Å². The van der Waals surface area contributed by atoms with E-state index in [-0.39, 0.29) is 11.4 Å². The zero-order valence-electron chi connectivity index (χ0n) is 14.2. The molecular weight excluding hydrogens is 304 g/mol. The summed E-state index contributed by atoms with van der Waals surface area (Å²) < 4.78 is 1.84. The van der Waals surface area contributed by atoms with Gasteiger partial charge in [0.1, 0.15) is 0 Å². The highest BCUT2D eigenvalue weighted by Gasteiger charge is 2.20. The highest BCUT2D eigenvalue weighted by Crippen LogP contribution is 2.26. The van der Waals surface area contributed by atoms with Crippen LogP contribution in [0.2, 0.25) is 0 Å². The predicted octanol–water partition coefficient (Wildman–Crippen LogP) is 2.90. The predicted molar refractivity (Wildman–Crippen MR) is 93.6 cm³/mol. The summed E-state index contributed by atoms with van der Waals surface area (Å²) in [6.07, 6.45) is 9.96. The fourth-order valence-electron chi connectivity index (χ4n) is 2.09. The molecule has 0 fully saturated rings. The number of pyridine rings is 1. The van der Waals surface area contributed by atoms with Crippen LogP contribution in [0.5, 0.6) is 0 Å². The van der Waals surface area contributed by atoms with Crippen LogP contribution in [0.4, 0.5) is 5.82 Å². The molecule has 6 heteroatoms. The van der Waals surface area contributed by atoms with Crippen molar-refractivity contribution < 1.29 is 9.59 Å². The SMILES string of the molecule is CC=C(C(=O)C=CC=C(C)C)C(=O)Nc1nnc2ccn(C)cc1-2. The van der Waals surface area contributed by atoms with Crippen LogP contribution in [-0.2, 0) is 16.6 Å². The Labute approximate surface area is 140 Å². The van der Waals surface area contributed by atoms with Gasteiger partial charge in [-0.2, -0.15) is 0 Å². The number of carbonyl (C=O) groups excluding carboxylic acids is 2. The maximum absolute atomic E-state index is 12.4. The first-order valence-electron chi connectivity index (χ1n) is 7.54. The normalized spacial score (nSPS) is 11.8. The minimum absolute atomic E-state index is 0.0601. The smallest absolute Gasteiger partial charge is 0.260 e. The fraction of sp³-hybridized carbons (Fsp3) is 0.222. The van der Waals surface area contributed by atoms with Crippen molar-refractivity contribution in [3.63, 3.8) is 0 Å². The summed E-state index contributed by atoms with van der Waals surface area (Å²) in [6.45, 7) is 5.50. The number of anilines is 1. The molecule has 2 heterocycles. The lowest BCUT2D eigenvalue weighted by atomic mass is 10.1. The van der Waals surface area contributed by atoms with E-state index in [1.165, 1.54) is 12.2 Å². The van der Waals surface area contributed by atoms with Gasteiger partial charge < -0.3 is 9.88 Å². The van der Waals surface area contributed by atoms with Gasteiger partial charge in [0.25, 0.3) is 5.91 Å². The van der Waals surface area contributed by atoms with E-state index >= 15 is 0 Å². The van der Waals surface area contributed by atoms with Crippen molar-refractivity contribution in [2.75, 3.05) is 5.32 Å². The summed E-state index contributed by atoms with van der Waals surface area (Å²) >= 11 is 0. The Morgan fingerprint density at radius 3 is 2.67 bits per heavy atom. The maximum Gasteiger partial charge on any atom is 0.260 e. The molecule has 124 valence electrons. The molecule has 2 aliphatic rings. The van der Waals surface area contributed by atoms with E-state index in [0.717, 1.165) is 11.1 Å². The van der Waals surface area contributed by atoms with Gasteiger partial charge in [-0.25, -0.2) is 0 Å². The van der Waals surface area contributed by atoms with Crippen molar-refractivity contribution >= 4 is 17.5 Å². The third-order valence-corrected chi connectivity index (χ3v) is 3.30. The van der Waals surface area contributed by atoms with E-state index in [4.69, 9.17) is 0 Å². The molecule has 0 bridgehead atoms. The largest absolute Gasteiger partial charge is 0.356 e. The number of aromatic nitrogens is 3. The summed E-state index contributed by atoms with van der Waals surface area (Å²) in [5, 5.41) is 10.6. The van der Waals surface area contributed by atoms with Crippen LogP contribution in [0.25, 0.3) is 11.3 Å². The second-order valence-electron chi connectivity index (χ2n) is 5.58. The van der Waals surface area contributed by atoms with E-state index in [9.17, 15) is 9.59 Å². The average molecular weight is 324 g/mol. The number of hydrogen-bond acceptors (Lipinski definition) is 4. The van der Waals surface area contributed by atoms with Crippen LogP contribution >= 0.6 is 0 Å². The summed E-state index contributed by atoms with van der Waals surface area (Å²) in [7, 11) is 1.87. The molecule has 2 aliphatic heterocycles. The molecule has 24 heavy (non-hydrogen) atoms. The number of aryl methyl sites for hydroxylation is 1. The quantitative estimate of drug-likeness (QED) is 0.397. The Bertz CT molecular complexity index is 823. The van der Waals surface area contributed by atoms with Crippen LogP contribution in [0, 0.1) is 0 Å². The zero-order chi connectivity index (χ0) is 17.7. The Kier molecular flexibility index (Phi) is 5.42. The molecule has 0 aromatic carbocycles. The molecule has 0 unspecified atom stereocenters. The Morgan fingerprint density at radius 1 is 1.25 bits per heavy atom. The standard InChI is InChI=1S/C18H20N4O2/c1-5-13(16(23)8-6-7-12(2)3)18(24)19-17-14-11-22(4)10-9-15(14)20-21-17/h5-11H,1-4H3,(H,19,21,24). The van der Waals surface area contributed by atoms with Crippen molar-refractivity contribution in [3.8, 4) is 11.3 Å². The molecule has 0 atom stereocenters. The molecular formula is C18H20N4O2. The lowest BCUT2D eigenvalue weighted by molar-refractivity contribution is -0.117. The highest BCUT2D eigenvalue weighted by molar-refractivity contribution is 6.26. The van der Waals surface area contributed by atoms with Crippen molar-refractivity contribution in [2.45, 2.75) is 20.8 Å².